The van der Waals surface area contributed by atoms with Gasteiger partial charge >= 0.3 is 0 Å². The van der Waals surface area contributed by atoms with Gasteiger partial charge in [-0.2, -0.15) is 0 Å². The van der Waals surface area contributed by atoms with E-state index in [9.17, 15) is 0 Å². The smallest absolute Gasteiger partial charge is 0.142 e. The molecule has 1 unspecified atom stereocenters. The summed E-state index contributed by atoms with van der Waals surface area (Å²) >= 11 is 0. The summed E-state index contributed by atoms with van der Waals surface area (Å²) in [5.74, 6) is 0.564. The molecule has 0 saturated carbocycles. The quantitative estimate of drug-likeness (QED) is 0.305. The third-order valence-corrected chi connectivity index (χ3v) is 2.88. The van der Waals surface area contributed by atoms with E-state index in [2.05, 4.69) is 23.4 Å². The number of amidine groups is 1. The van der Waals surface area contributed by atoms with Crippen molar-refractivity contribution < 1.29 is 5.21 Å². The van der Waals surface area contributed by atoms with Crippen molar-refractivity contribution in [2.45, 2.75) is 19.3 Å². The first-order valence-electron chi connectivity index (χ1n) is 4.85. The van der Waals surface area contributed by atoms with Crippen LogP contribution >= 0.6 is 0 Å². The van der Waals surface area contributed by atoms with Gasteiger partial charge in [0.15, 0.2) is 0 Å². The van der Waals surface area contributed by atoms with Crippen LogP contribution in [0.4, 0.5) is 0 Å². The van der Waals surface area contributed by atoms with Gasteiger partial charge in [0.25, 0.3) is 0 Å². The second-order valence-corrected chi connectivity index (χ2v) is 3.73. The van der Waals surface area contributed by atoms with E-state index >= 15 is 0 Å². The molecule has 14 heavy (non-hydrogen) atoms. The fourth-order valence-electron chi connectivity index (χ4n) is 2.03. The lowest BCUT2D eigenvalue weighted by Crippen LogP contribution is -2.28. The van der Waals surface area contributed by atoms with Crippen LogP contribution in [-0.2, 0) is 12.8 Å². The van der Waals surface area contributed by atoms with Crippen molar-refractivity contribution in [3.8, 4) is 0 Å². The molecule has 0 bridgehead atoms. The lowest BCUT2D eigenvalue weighted by atomic mass is 9.83. The van der Waals surface area contributed by atoms with E-state index in [1.54, 1.807) is 0 Å². The Morgan fingerprint density at radius 3 is 2.79 bits per heavy atom. The number of hydrogen-bond donors (Lipinski definition) is 2. The molecule has 3 N–H and O–H groups in total. The van der Waals surface area contributed by atoms with E-state index in [0.29, 0.717) is 5.84 Å². The minimum Gasteiger partial charge on any atom is -0.409 e. The molecule has 0 fully saturated rings. The second-order valence-electron chi connectivity index (χ2n) is 3.73. The molecular formula is C11H14N2O. The molecule has 1 atom stereocenters. The highest BCUT2D eigenvalue weighted by molar-refractivity contribution is 5.82. The Kier molecular flexibility index (Phi) is 2.39. The van der Waals surface area contributed by atoms with Crippen molar-refractivity contribution in [2.75, 3.05) is 0 Å². The first-order chi connectivity index (χ1) is 6.81. The molecule has 0 aromatic heterocycles. The zero-order valence-corrected chi connectivity index (χ0v) is 7.98. The monoisotopic (exact) mass is 190 g/mol. The van der Waals surface area contributed by atoms with Gasteiger partial charge in [-0.25, -0.2) is 0 Å². The minimum atomic E-state index is 0.204. The third kappa shape index (κ3) is 1.58. The van der Waals surface area contributed by atoms with Crippen molar-refractivity contribution in [1.29, 1.82) is 0 Å². The summed E-state index contributed by atoms with van der Waals surface area (Å²) in [5, 5.41) is 11.7. The summed E-state index contributed by atoms with van der Waals surface area (Å²) in [5.41, 5.74) is 8.33. The molecular weight excluding hydrogens is 176 g/mol. The zero-order valence-electron chi connectivity index (χ0n) is 7.98. The Balaban J connectivity index is 2.21. The van der Waals surface area contributed by atoms with Crippen LogP contribution in [-0.4, -0.2) is 11.0 Å². The second kappa shape index (κ2) is 3.70. The van der Waals surface area contributed by atoms with E-state index in [0.717, 1.165) is 19.3 Å². The van der Waals surface area contributed by atoms with Gasteiger partial charge in [-0.05, 0) is 30.4 Å². The summed E-state index contributed by atoms with van der Waals surface area (Å²) in [6.07, 6.45) is 2.90. The molecule has 1 aliphatic rings. The lowest BCUT2D eigenvalue weighted by molar-refractivity contribution is 0.312. The minimum absolute atomic E-state index is 0.204. The van der Waals surface area contributed by atoms with Gasteiger partial charge in [-0.15, -0.1) is 0 Å². The van der Waals surface area contributed by atoms with E-state index in [1.807, 2.05) is 6.07 Å². The summed E-state index contributed by atoms with van der Waals surface area (Å²) in [4.78, 5) is 0. The van der Waals surface area contributed by atoms with Gasteiger partial charge in [0.1, 0.15) is 5.84 Å². The number of nitrogens with zero attached hydrogens (tertiary/aromatic N) is 1. The molecule has 0 saturated heterocycles. The Labute approximate surface area is 83.2 Å². The van der Waals surface area contributed by atoms with Gasteiger partial charge in [0.2, 0.25) is 0 Å². The number of aryl methyl sites for hydroxylation is 1. The molecule has 0 radical (unpaired) electrons. The fourth-order valence-corrected chi connectivity index (χ4v) is 2.03. The zero-order chi connectivity index (χ0) is 9.97. The van der Waals surface area contributed by atoms with Crippen LogP contribution < -0.4 is 5.73 Å². The van der Waals surface area contributed by atoms with Crippen LogP contribution in [0.3, 0.4) is 0 Å². The fraction of sp³-hybridized carbons (Fsp3) is 0.364. The predicted octanol–water partition coefficient (Wildman–Crippen LogP) is 1.54. The SMILES string of the molecule is NC(=NO)C1CCc2ccccc2C1. The number of benzene rings is 1. The van der Waals surface area contributed by atoms with E-state index < -0.39 is 0 Å². The van der Waals surface area contributed by atoms with Crippen LogP contribution in [0.25, 0.3) is 0 Å². The Bertz CT molecular complexity index is 360. The van der Waals surface area contributed by atoms with E-state index in [-0.39, 0.29) is 5.92 Å². The third-order valence-electron chi connectivity index (χ3n) is 2.88. The first-order valence-corrected chi connectivity index (χ1v) is 4.85. The molecule has 3 heteroatoms. The molecule has 74 valence electrons. The summed E-state index contributed by atoms with van der Waals surface area (Å²) in [7, 11) is 0. The number of oxime groups is 1. The highest BCUT2D eigenvalue weighted by atomic mass is 16.4. The van der Waals surface area contributed by atoms with Gasteiger partial charge in [0.05, 0.1) is 0 Å². The molecule has 1 aromatic rings. The maximum atomic E-state index is 8.60. The first kappa shape index (κ1) is 9.06. The highest BCUT2D eigenvalue weighted by Gasteiger charge is 2.21. The topological polar surface area (TPSA) is 58.6 Å². The summed E-state index contributed by atoms with van der Waals surface area (Å²) in [6.45, 7) is 0. The molecule has 0 heterocycles. The van der Waals surface area contributed by atoms with Crippen LogP contribution in [0.5, 0.6) is 0 Å². The van der Waals surface area contributed by atoms with Crippen LogP contribution in [0.15, 0.2) is 29.4 Å². The molecule has 1 aromatic carbocycles. The van der Waals surface area contributed by atoms with Crippen LogP contribution in [0, 0.1) is 5.92 Å². The average molecular weight is 190 g/mol. The summed E-state index contributed by atoms with van der Waals surface area (Å²) < 4.78 is 0. The van der Waals surface area contributed by atoms with Gasteiger partial charge in [-0.3, -0.25) is 0 Å². The number of fused-ring (bicyclic) bond motifs is 1. The standard InChI is InChI=1S/C11H14N2O/c12-11(13-14)10-6-5-8-3-1-2-4-9(8)7-10/h1-4,10,14H,5-7H2,(H2,12,13). The van der Waals surface area contributed by atoms with Crippen molar-refractivity contribution in [3.63, 3.8) is 0 Å². The average Bonchev–Trinajstić information content (AvgIpc) is 2.27. The van der Waals surface area contributed by atoms with Gasteiger partial charge in [-0.1, -0.05) is 29.4 Å². The maximum Gasteiger partial charge on any atom is 0.142 e. The Hall–Kier alpha value is -1.51. The van der Waals surface area contributed by atoms with Crippen molar-refractivity contribution >= 4 is 5.84 Å². The van der Waals surface area contributed by atoms with Crippen molar-refractivity contribution in [2.24, 2.45) is 16.8 Å². The molecule has 1 aliphatic carbocycles. The Morgan fingerprint density at radius 2 is 2.07 bits per heavy atom. The predicted molar refractivity (Wildman–Crippen MR) is 55.4 cm³/mol. The van der Waals surface area contributed by atoms with Crippen LogP contribution in [0.2, 0.25) is 0 Å². The summed E-state index contributed by atoms with van der Waals surface area (Å²) in [6, 6.07) is 8.36. The Morgan fingerprint density at radius 1 is 1.36 bits per heavy atom. The van der Waals surface area contributed by atoms with E-state index in [1.165, 1.54) is 11.1 Å². The highest BCUT2D eigenvalue weighted by Crippen LogP contribution is 2.25. The molecule has 0 aliphatic heterocycles. The van der Waals surface area contributed by atoms with Crippen molar-refractivity contribution in [1.82, 2.24) is 0 Å². The maximum absolute atomic E-state index is 8.60. The van der Waals surface area contributed by atoms with Crippen LogP contribution in [0.1, 0.15) is 17.5 Å². The van der Waals surface area contributed by atoms with Gasteiger partial charge in [0, 0.05) is 5.92 Å². The lowest BCUT2D eigenvalue weighted by Gasteiger charge is -2.23. The normalized spacial score (nSPS) is 21.7. The largest absolute Gasteiger partial charge is 0.409 e. The van der Waals surface area contributed by atoms with Crippen molar-refractivity contribution in [3.05, 3.63) is 35.4 Å². The molecule has 2 rings (SSSR count). The van der Waals surface area contributed by atoms with Gasteiger partial charge < -0.3 is 10.9 Å². The molecule has 0 spiro atoms. The molecule has 3 nitrogen and oxygen atoms in total. The number of nitrogens with two attached hydrogens (primary N) is 1. The number of rotatable bonds is 1. The van der Waals surface area contributed by atoms with E-state index in [4.69, 9.17) is 10.9 Å². The molecule has 0 amide bonds. The number of hydrogen-bond acceptors (Lipinski definition) is 2.